The van der Waals surface area contributed by atoms with Gasteiger partial charge in [-0.1, -0.05) is 45.8 Å². The number of benzene rings is 2. The minimum atomic E-state index is 0.164. The highest BCUT2D eigenvalue weighted by Crippen LogP contribution is 2.29. The molecule has 1 aliphatic heterocycles. The fraction of sp³-hybridized carbons (Fsp3) is 0.188. The number of hydrogen-bond acceptors (Lipinski definition) is 3. The van der Waals surface area contributed by atoms with Crippen LogP contribution in [0.2, 0.25) is 0 Å². The number of aldehydes is 1. The molecule has 0 saturated carbocycles. The molecule has 1 unspecified atom stereocenters. The van der Waals surface area contributed by atoms with Crippen LogP contribution in [0, 0.1) is 0 Å². The third-order valence-electron chi connectivity index (χ3n) is 3.42. The van der Waals surface area contributed by atoms with Crippen molar-refractivity contribution in [2.24, 2.45) is 0 Å². The lowest BCUT2D eigenvalue weighted by Gasteiger charge is -2.36. The molecule has 1 heterocycles. The predicted molar refractivity (Wildman–Crippen MR) is 83.0 cm³/mol. The van der Waals surface area contributed by atoms with Crippen molar-refractivity contribution in [1.82, 2.24) is 4.67 Å². The molecule has 20 heavy (non-hydrogen) atoms. The van der Waals surface area contributed by atoms with E-state index < -0.39 is 0 Å². The van der Waals surface area contributed by atoms with E-state index in [9.17, 15) is 4.79 Å². The molecule has 2 aromatic carbocycles. The summed E-state index contributed by atoms with van der Waals surface area (Å²) in [5, 5.41) is 0. The van der Waals surface area contributed by atoms with Gasteiger partial charge in [-0.15, -0.1) is 0 Å². The van der Waals surface area contributed by atoms with Gasteiger partial charge in [0.2, 0.25) is 0 Å². The lowest BCUT2D eigenvalue weighted by atomic mass is 10.0. The molecule has 0 bridgehead atoms. The number of ether oxygens (including phenoxy) is 1. The molecule has 1 saturated heterocycles. The normalized spacial score (nSPS) is 15.7. The maximum Gasteiger partial charge on any atom is 0.153 e. The maximum atomic E-state index is 11.1. The second-order valence-electron chi connectivity index (χ2n) is 4.93. The van der Waals surface area contributed by atoms with Gasteiger partial charge in [0.15, 0.2) is 6.29 Å². The van der Waals surface area contributed by atoms with Crippen molar-refractivity contribution in [2.45, 2.75) is 6.10 Å². The van der Waals surface area contributed by atoms with Gasteiger partial charge in [0.1, 0.15) is 11.9 Å². The largest absolute Gasteiger partial charge is 0.487 e. The Kier molecular flexibility index (Phi) is 3.81. The van der Waals surface area contributed by atoms with Crippen molar-refractivity contribution in [3.05, 3.63) is 54.1 Å². The molecule has 2 aromatic rings. The molecule has 3 nitrogen and oxygen atoms in total. The van der Waals surface area contributed by atoms with E-state index in [2.05, 4.69) is 14.1 Å². The minimum Gasteiger partial charge on any atom is -0.487 e. The van der Waals surface area contributed by atoms with Gasteiger partial charge < -0.3 is 4.74 Å². The number of hydrogen-bond donors (Lipinski definition) is 0. The summed E-state index contributed by atoms with van der Waals surface area (Å²) in [6.07, 6.45) is 1.01. The van der Waals surface area contributed by atoms with Gasteiger partial charge in [-0.05, 0) is 23.3 Å². The zero-order chi connectivity index (χ0) is 13.9. The van der Waals surface area contributed by atoms with Crippen LogP contribution in [0.5, 0.6) is 5.75 Å². The summed E-state index contributed by atoms with van der Waals surface area (Å²) < 4.78 is 8.02. The molecule has 0 aliphatic carbocycles. The molecule has 1 fully saturated rings. The average molecular weight is 285 g/mol. The highest BCUT2D eigenvalue weighted by molar-refractivity contribution is 7.13. The Hall–Kier alpha value is -1.70. The minimum absolute atomic E-state index is 0.164. The molecule has 4 heteroatoms. The van der Waals surface area contributed by atoms with Crippen LogP contribution in [-0.2, 0) is 0 Å². The molecule has 0 aromatic heterocycles. The van der Waals surface area contributed by atoms with E-state index in [0.717, 1.165) is 30.5 Å². The fourth-order valence-corrected chi connectivity index (χ4v) is 2.74. The predicted octanol–water partition coefficient (Wildman–Crippen LogP) is 3.02. The molecular formula is C16H16NO2P. The van der Waals surface area contributed by atoms with E-state index >= 15 is 0 Å². The molecule has 0 radical (unpaired) electrons. The molecular weight excluding hydrogens is 269 g/mol. The lowest BCUT2D eigenvalue weighted by molar-refractivity contribution is 0.0815. The highest BCUT2D eigenvalue weighted by atomic mass is 31.0. The zero-order valence-electron chi connectivity index (χ0n) is 11.0. The molecule has 3 rings (SSSR count). The maximum absolute atomic E-state index is 11.1. The topological polar surface area (TPSA) is 29.5 Å². The van der Waals surface area contributed by atoms with Crippen LogP contribution in [0.25, 0.3) is 11.1 Å². The van der Waals surface area contributed by atoms with E-state index in [-0.39, 0.29) is 6.10 Å². The molecule has 1 aliphatic rings. The van der Waals surface area contributed by atoms with Crippen LogP contribution < -0.4 is 4.74 Å². The van der Waals surface area contributed by atoms with Gasteiger partial charge in [0.05, 0.1) is 5.56 Å². The third-order valence-corrected chi connectivity index (χ3v) is 3.84. The van der Waals surface area contributed by atoms with Crippen LogP contribution in [-0.4, -0.2) is 30.2 Å². The van der Waals surface area contributed by atoms with Crippen LogP contribution in [0.3, 0.4) is 0 Å². The second kappa shape index (κ2) is 5.74. The van der Waals surface area contributed by atoms with Crippen molar-refractivity contribution in [3.63, 3.8) is 0 Å². The van der Waals surface area contributed by atoms with Gasteiger partial charge in [-0.3, -0.25) is 9.46 Å². The van der Waals surface area contributed by atoms with Gasteiger partial charge in [0, 0.05) is 13.1 Å². The van der Waals surface area contributed by atoms with Crippen molar-refractivity contribution in [1.29, 1.82) is 0 Å². The summed E-state index contributed by atoms with van der Waals surface area (Å²) in [5.41, 5.74) is 2.79. The van der Waals surface area contributed by atoms with E-state index in [1.54, 1.807) is 0 Å². The summed E-state index contributed by atoms with van der Waals surface area (Å²) in [6, 6.07) is 15.8. The van der Waals surface area contributed by atoms with Crippen molar-refractivity contribution in [2.75, 3.05) is 13.1 Å². The number of carbonyl (C=O) groups is 1. The summed E-state index contributed by atoms with van der Waals surface area (Å²) in [7, 11) is 2.65. The Morgan fingerprint density at radius 2 is 1.85 bits per heavy atom. The smallest absolute Gasteiger partial charge is 0.153 e. The van der Waals surface area contributed by atoms with E-state index in [4.69, 9.17) is 4.74 Å². The first-order chi connectivity index (χ1) is 9.76. The quantitative estimate of drug-likeness (QED) is 0.639. The van der Waals surface area contributed by atoms with Gasteiger partial charge in [-0.2, -0.15) is 0 Å². The fourth-order valence-electron chi connectivity index (χ4n) is 2.27. The molecule has 0 N–H and O–H groups in total. The monoisotopic (exact) mass is 285 g/mol. The van der Waals surface area contributed by atoms with Crippen molar-refractivity contribution in [3.8, 4) is 16.9 Å². The Morgan fingerprint density at radius 1 is 1.10 bits per heavy atom. The third kappa shape index (κ3) is 2.74. The highest BCUT2D eigenvalue weighted by Gasteiger charge is 2.26. The van der Waals surface area contributed by atoms with Gasteiger partial charge in [-0.25, -0.2) is 0 Å². The molecule has 0 amide bonds. The standard InChI is InChI=1S/C16H16NO2P/c18-11-14-7-6-13(12-4-2-1-3-5-12)8-16(14)19-15-9-17(20)10-15/h1-8,11,15H,9-10,20H2. The van der Waals surface area contributed by atoms with E-state index in [1.807, 2.05) is 48.5 Å². The van der Waals surface area contributed by atoms with Crippen LogP contribution in [0.1, 0.15) is 10.4 Å². The van der Waals surface area contributed by atoms with Gasteiger partial charge in [0.25, 0.3) is 0 Å². The summed E-state index contributed by atoms with van der Waals surface area (Å²) in [5.74, 6) is 0.671. The Bertz CT molecular complexity index is 609. The average Bonchev–Trinajstić information content (AvgIpc) is 2.46. The van der Waals surface area contributed by atoms with Gasteiger partial charge >= 0.3 is 0 Å². The molecule has 1 atom stereocenters. The second-order valence-corrected chi connectivity index (χ2v) is 5.66. The number of nitrogens with zero attached hydrogens (tertiary/aromatic N) is 1. The lowest BCUT2D eigenvalue weighted by Crippen LogP contribution is -2.48. The first-order valence-electron chi connectivity index (χ1n) is 6.57. The summed E-state index contributed by atoms with van der Waals surface area (Å²) in [4.78, 5) is 11.1. The summed E-state index contributed by atoms with van der Waals surface area (Å²) >= 11 is 0. The Morgan fingerprint density at radius 3 is 2.50 bits per heavy atom. The first-order valence-corrected chi connectivity index (χ1v) is 7.09. The van der Waals surface area contributed by atoms with Crippen molar-refractivity contribution < 1.29 is 9.53 Å². The summed E-state index contributed by atoms with van der Waals surface area (Å²) in [6.45, 7) is 1.75. The Balaban J connectivity index is 1.89. The van der Waals surface area contributed by atoms with Crippen molar-refractivity contribution >= 4 is 15.7 Å². The zero-order valence-corrected chi connectivity index (χ0v) is 12.2. The number of carbonyl (C=O) groups excluding carboxylic acids is 1. The van der Waals surface area contributed by atoms with Crippen LogP contribution >= 0.6 is 9.39 Å². The SMILES string of the molecule is O=Cc1ccc(-c2ccccc2)cc1OC1CN(P)C1. The van der Waals surface area contributed by atoms with Crippen LogP contribution in [0.15, 0.2) is 48.5 Å². The van der Waals surface area contributed by atoms with Crippen LogP contribution in [0.4, 0.5) is 0 Å². The molecule has 0 spiro atoms. The van der Waals surface area contributed by atoms with E-state index in [1.165, 1.54) is 0 Å². The number of rotatable bonds is 4. The molecule has 102 valence electrons. The Labute approximate surface area is 120 Å². The first kappa shape index (κ1) is 13.3. The van der Waals surface area contributed by atoms with E-state index in [0.29, 0.717) is 11.3 Å².